The predicted octanol–water partition coefficient (Wildman–Crippen LogP) is 2.44. The van der Waals surface area contributed by atoms with Crippen LogP contribution in [0.3, 0.4) is 0 Å². The Bertz CT molecular complexity index is 998. The number of benzene rings is 1. The number of halogens is 4. The van der Waals surface area contributed by atoms with Gasteiger partial charge in [0.15, 0.2) is 0 Å². The largest absolute Gasteiger partial charge is 0.416 e. The molecule has 0 bridgehead atoms. The van der Waals surface area contributed by atoms with Crippen LogP contribution in [0, 0.1) is 11.2 Å². The molecule has 1 fully saturated rings. The fourth-order valence-corrected chi connectivity index (χ4v) is 3.02. The van der Waals surface area contributed by atoms with Gasteiger partial charge in [-0.3, -0.25) is 20.0 Å². The molecule has 0 amide bonds. The molecule has 166 valence electrons. The molecule has 1 aromatic carbocycles. The van der Waals surface area contributed by atoms with Gasteiger partial charge in [0.1, 0.15) is 18.8 Å². The van der Waals surface area contributed by atoms with Crippen LogP contribution in [0.1, 0.15) is 5.56 Å². The predicted molar refractivity (Wildman–Crippen MR) is 106 cm³/mol. The van der Waals surface area contributed by atoms with E-state index in [1.165, 1.54) is 12.1 Å². The number of rotatable bonds is 4. The summed E-state index contributed by atoms with van der Waals surface area (Å²) < 4.78 is 51.7. The lowest BCUT2D eigenvalue weighted by molar-refractivity contribution is -0.137. The fourth-order valence-electron chi connectivity index (χ4n) is 3.02. The average molecular weight is 440 g/mol. The molecule has 0 spiro atoms. The molecular weight excluding hydrogens is 420 g/mol. The third-order valence-corrected chi connectivity index (χ3v) is 4.70. The zero-order valence-electron chi connectivity index (χ0n) is 16.3. The summed E-state index contributed by atoms with van der Waals surface area (Å²) in [6, 6.07) is 7.29. The first-order valence-electron chi connectivity index (χ1n) is 9.25. The highest BCUT2D eigenvalue weighted by molar-refractivity contribution is 5.84. The number of piperazine rings is 1. The van der Waals surface area contributed by atoms with Crippen LogP contribution in [0.5, 0.6) is 0 Å². The lowest BCUT2D eigenvalue weighted by atomic mass is 10.2. The van der Waals surface area contributed by atoms with Gasteiger partial charge in [0.2, 0.25) is 5.96 Å². The lowest BCUT2D eigenvalue weighted by Gasteiger charge is -2.36. The Kier molecular flexibility index (Phi) is 6.59. The molecule has 8 nitrogen and oxygen atoms in total. The van der Waals surface area contributed by atoms with Gasteiger partial charge in [0, 0.05) is 44.1 Å². The summed E-state index contributed by atoms with van der Waals surface area (Å²) >= 11 is 0. The van der Waals surface area contributed by atoms with Crippen LogP contribution in [0.4, 0.5) is 23.2 Å². The normalized spacial score (nSPS) is 14.9. The second kappa shape index (κ2) is 9.16. The van der Waals surface area contributed by atoms with Crippen molar-refractivity contribution in [1.82, 2.24) is 14.5 Å². The van der Waals surface area contributed by atoms with Crippen LogP contribution >= 0.6 is 0 Å². The number of pyridine rings is 1. The number of aliphatic imine (C=N–C) groups is 1. The standard InChI is InChI=1S/C19H20F4N6O2/c20-15-1-3-16(4-2-15)26-7-9-27(10-8-26)18(24)25-12-29(31)13-28-6-5-14(11-17(28)30)19(21,22)23/h1-6,11-12,24,31H,7-10,13H2. The molecule has 1 aliphatic heterocycles. The molecule has 0 unspecified atom stereocenters. The lowest BCUT2D eigenvalue weighted by Crippen LogP contribution is -2.48. The molecule has 1 saturated heterocycles. The number of aromatic nitrogens is 1. The van der Waals surface area contributed by atoms with Crippen molar-refractivity contribution in [2.24, 2.45) is 4.99 Å². The maximum absolute atomic E-state index is 13.0. The van der Waals surface area contributed by atoms with Crippen molar-refractivity contribution in [3.63, 3.8) is 0 Å². The molecule has 2 aromatic rings. The Morgan fingerprint density at radius 2 is 1.81 bits per heavy atom. The zero-order valence-corrected chi connectivity index (χ0v) is 16.3. The maximum Gasteiger partial charge on any atom is 0.416 e. The Balaban J connectivity index is 1.52. The average Bonchev–Trinajstić information content (AvgIpc) is 2.73. The summed E-state index contributed by atoms with van der Waals surface area (Å²) in [5.74, 6) is -0.428. The maximum atomic E-state index is 13.0. The smallest absolute Gasteiger partial charge is 0.368 e. The van der Waals surface area contributed by atoms with Crippen LogP contribution in [0.25, 0.3) is 0 Å². The summed E-state index contributed by atoms with van der Waals surface area (Å²) in [7, 11) is 0. The topological polar surface area (TPSA) is 88.2 Å². The van der Waals surface area contributed by atoms with Crippen LogP contribution in [-0.2, 0) is 12.8 Å². The van der Waals surface area contributed by atoms with Crippen molar-refractivity contribution in [3.8, 4) is 0 Å². The number of nitrogens with one attached hydrogen (secondary N) is 1. The van der Waals surface area contributed by atoms with Crippen molar-refractivity contribution in [2.45, 2.75) is 12.8 Å². The fraction of sp³-hybridized carbons (Fsp3) is 0.316. The van der Waals surface area contributed by atoms with E-state index in [0.29, 0.717) is 37.3 Å². The summed E-state index contributed by atoms with van der Waals surface area (Å²) in [6.07, 6.45) is -2.80. The minimum absolute atomic E-state index is 0.113. The molecule has 12 heteroatoms. The Morgan fingerprint density at radius 1 is 1.16 bits per heavy atom. The number of hydroxylamine groups is 2. The molecule has 1 aliphatic rings. The van der Waals surface area contributed by atoms with Crippen molar-refractivity contribution >= 4 is 18.0 Å². The number of guanidine groups is 1. The monoisotopic (exact) mass is 440 g/mol. The van der Waals surface area contributed by atoms with E-state index >= 15 is 0 Å². The quantitative estimate of drug-likeness (QED) is 0.330. The third kappa shape index (κ3) is 5.81. The molecule has 3 rings (SSSR count). The highest BCUT2D eigenvalue weighted by Gasteiger charge is 2.31. The van der Waals surface area contributed by atoms with Gasteiger partial charge >= 0.3 is 6.18 Å². The number of hydrogen-bond donors (Lipinski definition) is 2. The summed E-state index contributed by atoms with van der Waals surface area (Å²) in [5.41, 5.74) is -1.14. The van der Waals surface area contributed by atoms with E-state index in [1.807, 2.05) is 4.90 Å². The Morgan fingerprint density at radius 3 is 2.39 bits per heavy atom. The van der Waals surface area contributed by atoms with Crippen molar-refractivity contribution in [1.29, 1.82) is 5.41 Å². The molecule has 0 aliphatic carbocycles. The highest BCUT2D eigenvalue weighted by atomic mass is 19.4. The molecule has 0 radical (unpaired) electrons. The zero-order chi connectivity index (χ0) is 22.6. The van der Waals surface area contributed by atoms with E-state index in [0.717, 1.165) is 28.9 Å². The third-order valence-electron chi connectivity index (χ3n) is 4.70. The summed E-state index contributed by atoms with van der Waals surface area (Å²) in [6.45, 7) is 1.70. The molecule has 2 N–H and O–H groups in total. The van der Waals surface area contributed by atoms with Crippen LogP contribution in [0.15, 0.2) is 52.4 Å². The molecular formula is C19H20F4N6O2. The van der Waals surface area contributed by atoms with E-state index in [9.17, 15) is 27.6 Å². The van der Waals surface area contributed by atoms with Gasteiger partial charge in [-0.2, -0.15) is 13.2 Å². The van der Waals surface area contributed by atoms with Gasteiger partial charge in [-0.25, -0.2) is 14.4 Å². The molecule has 31 heavy (non-hydrogen) atoms. The van der Waals surface area contributed by atoms with Gasteiger partial charge < -0.3 is 9.80 Å². The van der Waals surface area contributed by atoms with E-state index in [2.05, 4.69) is 4.99 Å². The highest BCUT2D eigenvalue weighted by Crippen LogP contribution is 2.27. The summed E-state index contributed by atoms with van der Waals surface area (Å²) in [5, 5.41) is 18.4. The number of anilines is 1. The second-order valence-electron chi connectivity index (χ2n) is 6.82. The summed E-state index contributed by atoms with van der Waals surface area (Å²) in [4.78, 5) is 19.3. The first-order chi connectivity index (χ1) is 14.6. The SMILES string of the molecule is N=C(N=CN(O)Cn1ccc(C(F)(F)F)cc1=O)N1CCN(c2ccc(F)cc2)CC1. The Labute approximate surface area is 174 Å². The van der Waals surface area contributed by atoms with Gasteiger partial charge in [-0.15, -0.1) is 0 Å². The van der Waals surface area contributed by atoms with E-state index < -0.39 is 24.0 Å². The van der Waals surface area contributed by atoms with Crippen molar-refractivity contribution < 1.29 is 22.8 Å². The molecule has 0 saturated carbocycles. The first kappa shape index (κ1) is 22.3. The van der Waals surface area contributed by atoms with Gasteiger partial charge in [0.05, 0.1) is 5.56 Å². The van der Waals surface area contributed by atoms with E-state index in [1.54, 1.807) is 17.0 Å². The minimum Gasteiger partial charge on any atom is -0.368 e. The minimum atomic E-state index is -4.63. The second-order valence-corrected chi connectivity index (χ2v) is 6.82. The molecule has 1 aromatic heterocycles. The van der Waals surface area contributed by atoms with E-state index in [4.69, 9.17) is 5.41 Å². The number of nitrogens with zero attached hydrogens (tertiary/aromatic N) is 5. The Hall–Kier alpha value is -3.41. The van der Waals surface area contributed by atoms with Crippen molar-refractivity contribution in [3.05, 3.63) is 64.3 Å². The molecule has 2 heterocycles. The first-order valence-corrected chi connectivity index (χ1v) is 9.25. The van der Waals surface area contributed by atoms with Crippen LogP contribution < -0.4 is 10.5 Å². The van der Waals surface area contributed by atoms with Crippen molar-refractivity contribution in [2.75, 3.05) is 31.1 Å². The van der Waals surface area contributed by atoms with Gasteiger partial charge in [0.25, 0.3) is 5.56 Å². The van der Waals surface area contributed by atoms with Gasteiger partial charge in [-0.05, 0) is 30.3 Å². The molecule has 0 atom stereocenters. The van der Waals surface area contributed by atoms with Crippen LogP contribution in [-0.4, -0.2) is 58.2 Å². The number of alkyl halides is 3. The van der Waals surface area contributed by atoms with E-state index in [-0.39, 0.29) is 11.8 Å². The number of hydrogen-bond acceptors (Lipinski definition) is 4. The van der Waals surface area contributed by atoms with Gasteiger partial charge in [-0.1, -0.05) is 0 Å². The van der Waals surface area contributed by atoms with Crippen LogP contribution in [0.2, 0.25) is 0 Å².